The Morgan fingerprint density at radius 2 is 1.81 bits per heavy atom. The number of carboxylic acids is 1. The molecule has 2 atom stereocenters. The molecule has 0 heterocycles. The lowest BCUT2D eigenvalue weighted by atomic mass is 9.48. The fourth-order valence-corrected chi connectivity index (χ4v) is 5.14. The molecule has 118 valence electrons. The van der Waals surface area contributed by atoms with Crippen molar-refractivity contribution in [3.8, 4) is 0 Å². The second-order valence-corrected chi connectivity index (χ2v) is 7.26. The molecular weight excluding hydrogens is 292 g/mol. The molecule has 0 spiro atoms. The Hall–Kier alpha value is -0.750. The van der Waals surface area contributed by atoms with E-state index >= 15 is 0 Å². The molecule has 0 aromatic heterocycles. The second-order valence-electron chi connectivity index (χ2n) is 6.94. The summed E-state index contributed by atoms with van der Waals surface area (Å²) >= 11 is 3.84. The zero-order chi connectivity index (χ0) is 15.1. The van der Waals surface area contributed by atoms with Crippen molar-refractivity contribution in [2.24, 2.45) is 17.3 Å². The van der Waals surface area contributed by atoms with Gasteiger partial charge in [0.2, 0.25) is 0 Å². The van der Waals surface area contributed by atoms with E-state index < -0.39 is 11.4 Å². The lowest BCUT2D eigenvalue weighted by Gasteiger charge is -2.62. The first kappa shape index (κ1) is 15.2. The van der Waals surface area contributed by atoms with E-state index in [1.54, 1.807) is 0 Å². The van der Waals surface area contributed by atoms with Gasteiger partial charge in [-0.3, -0.25) is 4.79 Å². The van der Waals surface area contributed by atoms with Gasteiger partial charge in [-0.2, -0.15) is 12.6 Å². The van der Waals surface area contributed by atoms with Crippen LogP contribution in [0.3, 0.4) is 0 Å². The van der Waals surface area contributed by atoms with Gasteiger partial charge in [0.15, 0.2) is 0 Å². The Morgan fingerprint density at radius 3 is 2.38 bits per heavy atom. The number of thiol groups is 1. The highest BCUT2D eigenvalue weighted by Crippen LogP contribution is 2.62. The molecule has 5 nitrogen and oxygen atoms in total. The number of hydrogen-bond acceptors (Lipinski definition) is 6. The van der Waals surface area contributed by atoms with Gasteiger partial charge >= 0.3 is 5.97 Å². The Kier molecular flexibility index (Phi) is 3.94. The summed E-state index contributed by atoms with van der Waals surface area (Å²) in [4.78, 5) is 22.6. The molecule has 0 radical (unpaired) electrons. The molecule has 4 fully saturated rings. The monoisotopic (exact) mass is 313 g/mol. The highest BCUT2D eigenvalue weighted by atomic mass is 32.1. The number of aliphatic carboxylic acids is 1. The van der Waals surface area contributed by atoms with E-state index in [2.05, 4.69) is 12.6 Å². The molecule has 2 unspecified atom stereocenters. The second kappa shape index (κ2) is 5.47. The number of hydrogen-bond donors (Lipinski definition) is 1. The van der Waals surface area contributed by atoms with Crippen LogP contribution in [0.4, 0.5) is 0 Å². The van der Waals surface area contributed by atoms with Gasteiger partial charge in [-0.05, 0) is 50.4 Å². The SMILES string of the molecule is O=C(CS)OCCOC12CC3CC(C1)CC(C(=O)[O-])(C3)C2. The average Bonchev–Trinajstić information content (AvgIpc) is 2.41. The molecular formula is C15H21O5S-. The van der Waals surface area contributed by atoms with Crippen molar-refractivity contribution in [2.45, 2.75) is 44.1 Å². The first-order valence-corrected chi connectivity index (χ1v) is 8.22. The number of carbonyl (C=O) groups excluding carboxylic acids is 2. The summed E-state index contributed by atoms with van der Waals surface area (Å²) in [5.74, 6) is -0.346. The number of esters is 1. The Labute approximate surface area is 129 Å². The summed E-state index contributed by atoms with van der Waals surface area (Å²) < 4.78 is 11.0. The number of rotatable bonds is 6. The van der Waals surface area contributed by atoms with Gasteiger partial charge in [-0.15, -0.1) is 0 Å². The molecule has 4 aliphatic carbocycles. The zero-order valence-corrected chi connectivity index (χ0v) is 12.9. The van der Waals surface area contributed by atoms with Crippen molar-refractivity contribution in [1.82, 2.24) is 0 Å². The van der Waals surface area contributed by atoms with Crippen molar-refractivity contribution in [3.63, 3.8) is 0 Å². The topological polar surface area (TPSA) is 75.7 Å². The van der Waals surface area contributed by atoms with Crippen LogP contribution < -0.4 is 5.11 Å². The standard InChI is InChI=1S/C15H22O5S/c16-12(8-21)19-1-2-20-15-6-10-3-11(7-15)5-14(4-10,9-15)13(17)18/h10-11,21H,1-9H2,(H,17,18)/p-1. The van der Waals surface area contributed by atoms with Crippen molar-refractivity contribution < 1.29 is 24.2 Å². The maximum atomic E-state index is 11.6. The van der Waals surface area contributed by atoms with Gasteiger partial charge in [0.1, 0.15) is 6.61 Å². The number of carbonyl (C=O) groups is 2. The van der Waals surface area contributed by atoms with Gasteiger partial charge in [0.05, 0.1) is 18.0 Å². The van der Waals surface area contributed by atoms with Gasteiger partial charge in [-0.25, -0.2) is 0 Å². The summed E-state index contributed by atoms with van der Waals surface area (Å²) in [5, 5.41) is 11.6. The Morgan fingerprint density at radius 1 is 1.14 bits per heavy atom. The minimum Gasteiger partial charge on any atom is -0.550 e. The van der Waals surface area contributed by atoms with Crippen molar-refractivity contribution in [3.05, 3.63) is 0 Å². The van der Waals surface area contributed by atoms with E-state index in [4.69, 9.17) is 9.47 Å². The van der Waals surface area contributed by atoms with E-state index in [1.807, 2.05) is 0 Å². The van der Waals surface area contributed by atoms with Crippen molar-refractivity contribution >= 4 is 24.6 Å². The maximum absolute atomic E-state index is 11.6. The summed E-state index contributed by atoms with van der Waals surface area (Å²) in [6.07, 6.45) is 5.01. The van der Waals surface area contributed by atoms with E-state index in [9.17, 15) is 14.7 Å². The molecule has 4 bridgehead atoms. The molecule has 0 amide bonds. The maximum Gasteiger partial charge on any atom is 0.315 e. The van der Waals surface area contributed by atoms with Crippen LogP contribution in [0.15, 0.2) is 0 Å². The van der Waals surface area contributed by atoms with Crippen molar-refractivity contribution in [1.29, 1.82) is 0 Å². The fraction of sp³-hybridized carbons (Fsp3) is 0.867. The molecule has 6 heteroatoms. The molecule has 4 rings (SSSR count). The third-order valence-corrected chi connectivity index (χ3v) is 5.58. The molecule has 4 saturated carbocycles. The van der Waals surface area contributed by atoms with Gasteiger partial charge < -0.3 is 19.4 Å². The molecule has 0 aromatic carbocycles. The van der Waals surface area contributed by atoms with Crippen LogP contribution in [0, 0.1) is 17.3 Å². The molecule has 0 N–H and O–H groups in total. The minimum atomic E-state index is -0.911. The van der Waals surface area contributed by atoms with Crippen LogP contribution in [0.2, 0.25) is 0 Å². The van der Waals surface area contributed by atoms with Gasteiger partial charge in [-0.1, -0.05) is 0 Å². The van der Waals surface area contributed by atoms with Crippen molar-refractivity contribution in [2.75, 3.05) is 19.0 Å². The fourth-order valence-electron chi connectivity index (χ4n) is 5.05. The van der Waals surface area contributed by atoms with Crippen LogP contribution in [0.5, 0.6) is 0 Å². The number of ether oxygens (including phenoxy) is 2. The largest absolute Gasteiger partial charge is 0.550 e. The highest BCUT2D eigenvalue weighted by molar-refractivity contribution is 7.81. The van der Waals surface area contributed by atoms with Gasteiger partial charge in [0.25, 0.3) is 0 Å². The molecule has 21 heavy (non-hydrogen) atoms. The first-order chi connectivity index (χ1) is 9.97. The third kappa shape index (κ3) is 2.80. The van der Waals surface area contributed by atoms with Crippen LogP contribution in [0.1, 0.15) is 38.5 Å². The van der Waals surface area contributed by atoms with Crippen LogP contribution in [-0.4, -0.2) is 36.5 Å². The predicted octanol–water partition coefficient (Wildman–Crippen LogP) is 0.565. The normalized spacial score (nSPS) is 40.2. The van der Waals surface area contributed by atoms with Crippen LogP contribution in [-0.2, 0) is 19.1 Å². The predicted molar refractivity (Wildman–Crippen MR) is 75.6 cm³/mol. The lowest BCUT2D eigenvalue weighted by Crippen LogP contribution is -2.61. The smallest absolute Gasteiger partial charge is 0.315 e. The van der Waals surface area contributed by atoms with E-state index in [0.717, 1.165) is 32.1 Å². The lowest BCUT2D eigenvalue weighted by molar-refractivity contribution is -0.332. The molecule has 0 saturated heterocycles. The van der Waals surface area contributed by atoms with E-state index in [-0.39, 0.29) is 23.9 Å². The van der Waals surface area contributed by atoms with Crippen LogP contribution in [0.25, 0.3) is 0 Å². The molecule has 0 aromatic rings. The van der Waals surface area contributed by atoms with E-state index in [0.29, 0.717) is 24.9 Å². The van der Waals surface area contributed by atoms with Crippen LogP contribution >= 0.6 is 12.6 Å². The Bertz CT molecular complexity index is 435. The zero-order valence-electron chi connectivity index (χ0n) is 12.0. The first-order valence-electron chi connectivity index (χ1n) is 7.59. The van der Waals surface area contributed by atoms with Gasteiger partial charge in [0, 0.05) is 11.4 Å². The summed E-state index contributed by atoms with van der Waals surface area (Å²) in [5.41, 5.74) is -1.04. The quantitative estimate of drug-likeness (QED) is 0.441. The average molecular weight is 313 g/mol. The summed E-state index contributed by atoms with van der Waals surface area (Å²) in [6, 6.07) is 0. The third-order valence-electron chi connectivity index (χ3n) is 5.32. The Balaban J connectivity index is 1.62. The minimum absolute atomic E-state index is 0.0586. The highest BCUT2D eigenvalue weighted by Gasteiger charge is 2.58. The summed E-state index contributed by atoms with van der Waals surface area (Å²) in [7, 11) is 0. The number of carboxylic acid groups (broad SMARTS) is 1. The summed E-state index contributed by atoms with van der Waals surface area (Å²) in [6.45, 7) is 0.525. The molecule has 4 aliphatic rings. The van der Waals surface area contributed by atoms with E-state index in [1.165, 1.54) is 0 Å². The molecule has 0 aliphatic heterocycles.